The maximum atomic E-state index is 14.7. The number of carbonyl (C=O) groups excluding carboxylic acids is 1. The lowest BCUT2D eigenvalue weighted by atomic mass is 9.74. The monoisotopic (exact) mass is 535 g/mol. The Morgan fingerprint density at radius 1 is 0.700 bits per heavy atom. The Bertz CT molecular complexity index is 1530. The number of halogens is 1. The summed E-state index contributed by atoms with van der Waals surface area (Å²) in [6.45, 7) is 12.0. The molecule has 2 heterocycles. The van der Waals surface area contributed by atoms with Gasteiger partial charge in [0.1, 0.15) is 22.9 Å². The smallest absolute Gasteiger partial charge is 0.260 e. The second-order valence-corrected chi connectivity index (χ2v) is 10.2. The Labute approximate surface area is 235 Å². The van der Waals surface area contributed by atoms with Crippen molar-refractivity contribution in [1.29, 1.82) is 0 Å². The van der Waals surface area contributed by atoms with Crippen LogP contribution in [0.1, 0.15) is 54.7 Å². The van der Waals surface area contributed by atoms with Crippen molar-refractivity contribution in [2.75, 3.05) is 40.9 Å². The minimum Gasteiger partial charge on any atom is -0.456 e. The van der Waals surface area contributed by atoms with Gasteiger partial charge in [-0.15, -0.1) is 0 Å². The number of rotatable bonds is 7. The highest BCUT2D eigenvalue weighted by molar-refractivity contribution is 6.14. The molecule has 0 saturated heterocycles. The molecule has 0 unspecified atom stereocenters. The van der Waals surface area contributed by atoms with E-state index in [9.17, 15) is 9.18 Å². The normalized spacial score (nSPS) is 14.4. The molecule has 0 aliphatic carbocycles. The lowest BCUT2D eigenvalue weighted by Crippen LogP contribution is -2.47. The molecule has 2 aliphatic heterocycles. The van der Waals surface area contributed by atoms with Crippen LogP contribution in [-0.2, 0) is 5.54 Å². The summed E-state index contributed by atoms with van der Waals surface area (Å²) in [7, 11) is 0. The second kappa shape index (κ2) is 10.0. The summed E-state index contributed by atoms with van der Waals surface area (Å²) in [5.74, 6) is 0.831. The van der Waals surface area contributed by atoms with Crippen LogP contribution in [0, 0.1) is 5.82 Å². The standard InChI is InChI=1S/C34H34FN3O2/c1-5-36(6-2)24-16-18-29-31(21-24)40-32-22-25(37(7-3)8-4)17-19-30(32)34(29)28-15-10-9-14-27(28)33(39)38(34)26-13-11-12-23(35)20-26/h9-22H,5-8H2,1-4H3. The summed E-state index contributed by atoms with van der Waals surface area (Å²) in [6, 6.07) is 26.5. The molecule has 1 spiro atoms. The first-order valence-corrected chi connectivity index (χ1v) is 14.1. The average molecular weight is 536 g/mol. The molecule has 2 aliphatic rings. The Kier molecular flexibility index (Phi) is 6.49. The first kappa shape index (κ1) is 25.9. The SMILES string of the molecule is CCN(CC)c1ccc2c(c1)Oc1cc(N(CC)CC)ccc1C21c2ccccc2C(=O)N1c1cccc(F)c1. The van der Waals surface area contributed by atoms with Crippen LogP contribution < -0.4 is 19.4 Å². The highest BCUT2D eigenvalue weighted by Crippen LogP contribution is 2.59. The zero-order valence-electron chi connectivity index (χ0n) is 23.4. The number of hydrogen-bond acceptors (Lipinski definition) is 4. The Hall–Kier alpha value is -4.32. The molecule has 4 aromatic rings. The van der Waals surface area contributed by atoms with Gasteiger partial charge in [0.2, 0.25) is 0 Å². The number of nitrogens with zero attached hydrogens (tertiary/aromatic N) is 3. The highest BCUT2D eigenvalue weighted by Gasteiger charge is 2.57. The molecule has 0 atom stereocenters. The number of carbonyl (C=O) groups is 1. The number of benzene rings is 4. The van der Waals surface area contributed by atoms with Crippen LogP contribution in [0.2, 0.25) is 0 Å². The lowest BCUT2D eigenvalue weighted by Gasteiger charge is -2.44. The van der Waals surface area contributed by atoms with Crippen molar-refractivity contribution in [2.24, 2.45) is 0 Å². The first-order valence-electron chi connectivity index (χ1n) is 14.1. The van der Waals surface area contributed by atoms with E-state index < -0.39 is 11.4 Å². The quantitative estimate of drug-likeness (QED) is 0.244. The van der Waals surface area contributed by atoms with E-state index in [0.717, 1.165) is 54.2 Å². The number of hydrogen-bond donors (Lipinski definition) is 0. The third-order valence-electron chi connectivity index (χ3n) is 8.34. The molecule has 0 N–H and O–H groups in total. The van der Waals surface area contributed by atoms with E-state index in [4.69, 9.17) is 4.74 Å². The Balaban J connectivity index is 1.70. The zero-order valence-corrected chi connectivity index (χ0v) is 23.4. The van der Waals surface area contributed by atoms with Crippen molar-refractivity contribution < 1.29 is 13.9 Å². The third kappa shape index (κ3) is 3.69. The molecule has 6 heteroatoms. The van der Waals surface area contributed by atoms with Crippen molar-refractivity contribution >= 4 is 23.0 Å². The van der Waals surface area contributed by atoms with Crippen LogP contribution in [0.25, 0.3) is 0 Å². The fourth-order valence-electron chi connectivity index (χ4n) is 6.46. The van der Waals surface area contributed by atoms with Crippen LogP contribution in [-0.4, -0.2) is 32.1 Å². The fraction of sp³-hybridized carbons (Fsp3) is 0.265. The second-order valence-electron chi connectivity index (χ2n) is 10.2. The van der Waals surface area contributed by atoms with E-state index >= 15 is 0 Å². The molecule has 0 fully saturated rings. The summed E-state index contributed by atoms with van der Waals surface area (Å²) < 4.78 is 21.4. The summed E-state index contributed by atoms with van der Waals surface area (Å²) in [4.78, 5) is 20.6. The van der Waals surface area contributed by atoms with E-state index in [1.54, 1.807) is 17.0 Å². The van der Waals surface area contributed by atoms with Gasteiger partial charge in [-0.3, -0.25) is 9.69 Å². The van der Waals surface area contributed by atoms with Crippen LogP contribution in [0.4, 0.5) is 21.5 Å². The predicted molar refractivity (Wildman–Crippen MR) is 160 cm³/mol. The van der Waals surface area contributed by atoms with Crippen LogP contribution in [0.3, 0.4) is 0 Å². The summed E-state index contributed by atoms with van der Waals surface area (Å²) in [6.07, 6.45) is 0. The van der Waals surface area contributed by atoms with Gasteiger partial charge in [0.15, 0.2) is 0 Å². The topological polar surface area (TPSA) is 36.0 Å². The largest absolute Gasteiger partial charge is 0.456 e. The Morgan fingerprint density at radius 2 is 1.27 bits per heavy atom. The van der Waals surface area contributed by atoms with Gasteiger partial charge in [0.25, 0.3) is 5.91 Å². The fourth-order valence-corrected chi connectivity index (χ4v) is 6.46. The molecule has 1 amide bonds. The summed E-state index contributed by atoms with van der Waals surface area (Å²) in [5.41, 5.74) is 4.75. The van der Waals surface area contributed by atoms with Gasteiger partial charge in [-0.1, -0.05) is 36.4 Å². The average Bonchev–Trinajstić information content (AvgIpc) is 3.23. The molecule has 4 aromatic carbocycles. The van der Waals surface area contributed by atoms with E-state index in [2.05, 4.69) is 73.9 Å². The van der Waals surface area contributed by atoms with Crippen molar-refractivity contribution in [2.45, 2.75) is 33.2 Å². The summed E-state index contributed by atoms with van der Waals surface area (Å²) in [5, 5.41) is 0. The molecule has 0 saturated carbocycles. The zero-order chi connectivity index (χ0) is 28.0. The van der Waals surface area contributed by atoms with Gasteiger partial charge >= 0.3 is 0 Å². The van der Waals surface area contributed by atoms with E-state index in [1.807, 2.05) is 24.3 Å². The molecule has 0 bridgehead atoms. The molecule has 0 aromatic heterocycles. The van der Waals surface area contributed by atoms with Crippen LogP contribution in [0.5, 0.6) is 11.5 Å². The number of anilines is 3. The molecule has 40 heavy (non-hydrogen) atoms. The number of ether oxygens (including phenoxy) is 1. The highest BCUT2D eigenvalue weighted by atomic mass is 19.1. The molecule has 204 valence electrons. The molecular weight excluding hydrogens is 501 g/mol. The van der Waals surface area contributed by atoms with Crippen molar-refractivity contribution in [3.63, 3.8) is 0 Å². The van der Waals surface area contributed by atoms with Gasteiger partial charge < -0.3 is 14.5 Å². The Morgan fingerprint density at radius 3 is 1.82 bits per heavy atom. The minimum atomic E-state index is -1.03. The van der Waals surface area contributed by atoms with Crippen molar-refractivity contribution in [3.8, 4) is 11.5 Å². The minimum absolute atomic E-state index is 0.166. The lowest BCUT2D eigenvalue weighted by molar-refractivity contribution is 0.0985. The maximum Gasteiger partial charge on any atom is 0.260 e. The third-order valence-corrected chi connectivity index (χ3v) is 8.34. The summed E-state index contributed by atoms with van der Waals surface area (Å²) >= 11 is 0. The van der Waals surface area contributed by atoms with Gasteiger partial charge in [-0.25, -0.2) is 4.39 Å². The van der Waals surface area contributed by atoms with Crippen molar-refractivity contribution in [1.82, 2.24) is 0 Å². The van der Waals surface area contributed by atoms with Gasteiger partial charge in [-0.05, 0) is 64.1 Å². The van der Waals surface area contributed by atoms with Crippen LogP contribution in [0.15, 0.2) is 84.9 Å². The first-order chi connectivity index (χ1) is 19.5. The van der Waals surface area contributed by atoms with Crippen molar-refractivity contribution in [3.05, 3.63) is 113 Å². The van der Waals surface area contributed by atoms with E-state index in [0.29, 0.717) is 22.7 Å². The predicted octanol–water partition coefficient (Wildman–Crippen LogP) is 7.58. The van der Waals surface area contributed by atoms with E-state index in [-0.39, 0.29) is 5.91 Å². The van der Waals surface area contributed by atoms with Gasteiger partial charge in [0.05, 0.1) is 0 Å². The molecule has 0 radical (unpaired) electrons. The molecular formula is C34H34FN3O2. The molecule has 6 rings (SSSR count). The van der Waals surface area contributed by atoms with Crippen LogP contribution >= 0.6 is 0 Å². The van der Waals surface area contributed by atoms with E-state index in [1.165, 1.54) is 12.1 Å². The number of amides is 1. The number of fused-ring (bicyclic) bond motifs is 6. The van der Waals surface area contributed by atoms with Gasteiger partial charge in [-0.2, -0.15) is 0 Å². The molecule has 5 nitrogen and oxygen atoms in total. The van der Waals surface area contributed by atoms with Gasteiger partial charge in [0, 0.05) is 77.6 Å². The maximum absolute atomic E-state index is 14.7.